The van der Waals surface area contributed by atoms with Crippen molar-refractivity contribution in [2.24, 2.45) is 0 Å². The third-order valence-electron chi connectivity index (χ3n) is 3.07. The Morgan fingerprint density at radius 1 is 1.05 bits per heavy atom. The van der Waals surface area contributed by atoms with Crippen LogP contribution in [0.25, 0.3) is 10.9 Å². The Balaban J connectivity index is 2.06. The summed E-state index contributed by atoms with van der Waals surface area (Å²) in [5, 5.41) is 1.07. The Bertz CT molecular complexity index is 941. The summed E-state index contributed by atoms with van der Waals surface area (Å²) in [6, 6.07) is 12.3. The number of fused-ring (bicyclic) bond motifs is 1. The molecule has 0 fully saturated rings. The summed E-state index contributed by atoms with van der Waals surface area (Å²) in [5.74, 6) is 0.125. The number of anilines is 1. The normalized spacial score (nSPS) is 11.5. The molecular formula is C15H11ClN2O3S. The second kappa shape index (κ2) is 5.47. The van der Waals surface area contributed by atoms with E-state index < -0.39 is 10.1 Å². The highest BCUT2D eigenvalue weighted by atomic mass is 35.5. The van der Waals surface area contributed by atoms with Gasteiger partial charge >= 0.3 is 10.1 Å². The fraction of sp³-hybridized carbons (Fsp3) is 0. The van der Waals surface area contributed by atoms with Crippen molar-refractivity contribution in [2.75, 3.05) is 5.73 Å². The maximum Gasteiger partial charge on any atom is 0.339 e. The molecule has 0 saturated carbocycles. The zero-order valence-electron chi connectivity index (χ0n) is 11.2. The molecule has 0 spiro atoms. The average molecular weight is 335 g/mol. The molecule has 0 radical (unpaired) electrons. The molecule has 112 valence electrons. The number of aromatic nitrogens is 1. The molecule has 1 heterocycles. The largest absolute Gasteiger partial charge is 0.398 e. The van der Waals surface area contributed by atoms with Gasteiger partial charge in [-0.25, -0.2) is 0 Å². The summed E-state index contributed by atoms with van der Waals surface area (Å²) in [5.41, 5.74) is 6.75. The minimum absolute atomic E-state index is 0.0119. The second-order valence-electron chi connectivity index (χ2n) is 4.54. The minimum atomic E-state index is -3.97. The number of rotatable bonds is 3. The maximum atomic E-state index is 12.3. The monoisotopic (exact) mass is 334 g/mol. The molecule has 0 aliphatic heterocycles. The van der Waals surface area contributed by atoms with Gasteiger partial charge in [-0.3, -0.25) is 4.98 Å². The van der Waals surface area contributed by atoms with Crippen LogP contribution in [-0.2, 0) is 10.1 Å². The van der Waals surface area contributed by atoms with Crippen LogP contribution in [0.2, 0.25) is 5.02 Å². The number of nitrogens with two attached hydrogens (primary N) is 1. The summed E-state index contributed by atoms with van der Waals surface area (Å²) in [6.45, 7) is 0. The van der Waals surface area contributed by atoms with E-state index in [-0.39, 0.29) is 10.6 Å². The predicted octanol–water partition coefficient (Wildman–Crippen LogP) is 3.24. The molecule has 0 aliphatic carbocycles. The molecule has 22 heavy (non-hydrogen) atoms. The van der Waals surface area contributed by atoms with Crippen molar-refractivity contribution in [2.45, 2.75) is 4.90 Å². The number of benzene rings is 2. The number of hydrogen-bond acceptors (Lipinski definition) is 5. The molecule has 7 heteroatoms. The molecule has 0 amide bonds. The molecule has 3 aromatic rings. The molecule has 2 aromatic carbocycles. The van der Waals surface area contributed by atoms with E-state index in [1.807, 2.05) is 0 Å². The molecular weight excluding hydrogens is 324 g/mol. The highest BCUT2D eigenvalue weighted by Gasteiger charge is 2.18. The van der Waals surface area contributed by atoms with Crippen molar-refractivity contribution < 1.29 is 12.6 Å². The van der Waals surface area contributed by atoms with Crippen molar-refractivity contribution in [3.8, 4) is 5.75 Å². The molecule has 0 saturated heterocycles. The van der Waals surface area contributed by atoms with E-state index in [0.717, 1.165) is 0 Å². The Hall–Kier alpha value is -2.31. The third kappa shape index (κ3) is 2.70. The molecule has 1 aromatic heterocycles. The summed E-state index contributed by atoms with van der Waals surface area (Å²) in [6.07, 6.45) is 1.55. The van der Waals surface area contributed by atoms with Gasteiger partial charge in [-0.05, 0) is 48.5 Å². The average Bonchev–Trinajstić information content (AvgIpc) is 2.51. The van der Waals surface area contributed by atoms with E-state index in [9.17, 15) is 8.42 Å². The first-order valence-corrected chi connectivity index (χ1v) is 8.09. The van der Waals surface area contributed by atoms with E-state index in [0.29, 0.717) is 21.6 Å². The first kappa shape index (κ1) is 14.6. The van der Waals surface area contributed by atoms with Crippen LogP contribution in [0.15, 0.2) is 59.6 Å². The van der Waals surface area contributed by atoms with Crippen molar-refractivity contribution in [3.05, 3.63) is 59.8 Å². The van der Waals surface area contributed by atoms with Gasteiger partial charge in [-0.1, -0.05) is 11.6 Å². The van der Waals surface area contributed by atoms with E-state index in [2.05, 4.69) is 4.98 Å². The molecule has 2 N–H and O–H groups in total. The number of halogens is 1. The Kier molecular flexibility index (Phi) is 3.64. The van der Waals surface area contributed by atoms with Gasteiger partial charge in [0, 0.05) is 22.3 Å². The Morgan fingerprint density at radius 3 is 2.50 bits per heavy atom. The first-order valence-electron chi connectivity index (χ1n) is 6.31. The second-order valence-corrected chi connectivity index (χ2v) is 6.53. The maximum absolute atomic E-state index is 12.3. The van der Waals surface area contributed by atoms with Gasteiger partial charge < -0.3 is 9.92 Å². The van der Waals surface area contributed by atoms with Gasteiger partial charge in [-0.15, -0.1) is 0 Å². The van der Waals surface area contributed by atoms with Gasteiger partial charge in [0.1, 0.15) is 10.4 Å². The lowest BCUT2D eigenvalue weighted by molar-refractivity contribution is 0.488. The zero-order chi connectivity index (χ0) is 15.7. The van der Waals surface area contributed by atoms with Crippen molar-refractivity contribution in [3.63, 3.8) is 0 Å². The van der Waals surface area contributed by atoms with Crippen LogP contribution < -0.4 is 9.92 Å². The Morgan fingerprint density at radius 2 is 1.77 bits per heavy atom. The van der Waals surface area contributed by atoms with Crippen LogP contribution in [0.3, 0.4) is 0 Å². The third-order valence-corrected chi connectivity index (χ3v) is 4.57. The van der Waals surface area contributed by atoms with Crippen LogP contribution in [0.1, 0.15) is 0 Å². The van der Waals surface area contributed by atoms with E-state index in [1.165, 1.54) is 30.3 Å². The summed E-state index contributed by atoms with van der Waals surface area (Å²) < 4.78 is 29.8. The van der Waals surface area contributed by atoms with E-state index in [4.69, 9.17) is 21.5 Å². The van der Waals surface area contributed by atoms with Crippen LogP contribution in [0.5, 0.6) is 5.75 Å². The lowest BCUT2D eigenvalue weighted by Gasteiger charge is -2.10. The number of nitrogen functional groups attached to an aromatic ring is 1. The lowest BCUT2D eigenvalue weighted by Crippen LogP contribution is -2.10. The molecule has 0 unspecified atom stereocenters. The quantitative estimate of drug-likeness (QED) is 0.587. The van der Waals surface area contributed by atoms with Gasteiger partial charge in [0.15, 0.2) is 5.75 Å². The molecule has 3 rings (SSSR count). The standard InChI is InChI=1S/C15H11ClN2O3S/c16-10-3-5-11(6-4-10)22(19,20)21-14-8-7-13(17)12-2-1-9-18-15(12)14/h1-9H,17H2. The van der Waals surface area contributed by atoms with Gasteiger partial charge in [0.05, 0.1) is 0 Å². The van der Waals surface area contributed by atoms with Gasteiger partial charge in [0.2, 0.25) is 0 Å². The SMILES string of the molecule is Nc1ccc(OS(=O)(=O)c2ccc(Cl)cc2)c2ncccc12. The smallest absolute Gasteiger partial charge is 0.339 e. The molecule has 0 aliphatic rings. The van der Waals surface area contributed by atoms with Crippen molar-refractivity contribution in [1.82, 2.24) is 4.98 Å². The predicted molar refractivity (Wildman–Crippen MR) is 85.4 cm³/mol. The van der Waals surface area contributed by atoms with Crippen LogP contribution in [-0.4, -0.2) is 13.4 Å². The fourth-order valence-corrected chi connectivity index (χ4v) is 3.07. The lowest BCUT2D eigenvalue weighted by atomic mass is 10.2. The zero-order valence-corrected chi connectivity index (χ0v) is 12.8. The van der Waals surface area contributed by atoms with Crippen molar-refractivity contribution in [1.29, 1.82) is 0 Å². The summed E-state index contributed by atoms with van der Waals surface area (Å²) in [4.78, 5) is 4.16. The van der Waals surface area contributed by atoms with Gasteiger partial charge in [-0.2, -0.15) is 8.42 Å². The number of nitrogens with zero attached hydrogens (tertiary/aromatic N) is 1. The molecule has 5 nitrogen and oxygen atoms in total. The molecule has 0 bridgehead atoms. The first-order chi connectivity index (χ1) is 10.5. The number of pyridine rings is 1. The van der Waals surface area contributed by atoms with Gasteiger partial charge in [0.25, 0.3) is 0 Å². The van der Waals surface area contributed by atoms with Crippen molar-refractivity contribution >= 4 is 38.3 Å². The summed E-state index contributed by atoms with van der Waals surface area (Å²) >= 11 is 5.76. The van der Waals surface area contributed by atoms with E-state index >= 15 is 0 Å². The fourth-order valence-electron chi connectivity index (χ4n) is 2.00. The highest BCUT2D eigenvalue weighted by Crippen LogP contribution is 2.30. The molecule has 0 atom stereocenters. The van der Waals surface area contributed by atoms with Crippen LogP contribution in [0.4, 0.5) is 5.69 Å². The number of hydrogen-bond donors (Lipinski definition) is 1. The van der Waals surface area contributed by atoms with E-state index in [1.54, 1.807) is 24.4 Å². The van der Waals surface area contributed by atoms with Crippen LogP contribution >= 0.6 is 11.6 Å². The summed E-state index contributed by atoms with van der Waals surface area (Å²) in [7, 11) is -3.97. The topological polar surface area (TPSA) is 82.3 Å². The Labute approximate surface area is 132 Å². The highest BCUT2D eigenvalue weighted by molar-refractivity contribution is 7.87. The van der Waals surface area contributed by atoms with Crippen LogP contribution in [0, 0.1) is 0 Å². The minimum Gasteiger partial charge on any atom is -0.398 e.